The van der Waals surface area contributed by atoms with Crippen molar-refractivity contribution in [3.63, 3.8) is 0 Å². The Labute approximate surface area is 98.6 Å². The first-order valence-electron chi connectivity index (χ1n) is 5.38. The zero-order valence-corrected chi connectivity index (χ0v) is 10.2. The summed E-state index contributed by atoms with van der Waals surface area (Å²) in [5.41, 5.74) is 5.86. The summed E-state index contributed by atoms with van der Waals surface area (Å²) in [5, 5.41) is 3.45. The molecular weight excluding hydrogens is 254 g/mol. The lowest BCUT2D eigenvalue weighted by molar-refractivity contribution is 0.410. The Morgan fingerprint density at radius 2 is 2.07 bits per heavy atom. The molecular formula is C11H16BrN3. The van der Waals surface area contributed by atoms with Crippen molar-refractivity contribution in [3.05, 3.63) is 22.8 Å². The molecule has 1 aromatic rings. The van der Waals surface area contributed by atoms with Crippen molar-refractivity contribution in [1.29, 1.82) is 0 Å². The van der Waals surface area contributed by atoms with Gasteiger partial charge in [0.1, 0.15) is 5.82 Å². The molecule has 0 radical (unpaired) electrons. The van der Waals surface area contributed by atoms with Crippen molar-refractivity contribution in [2.75, 3.05) is 5.32 Å². The molecule has 0 saturated heterocycles. The molecule has 0 amide bonds. The maximum atomic E-state index is 5.86. The normalized spacial score (nSPS) is 26.3. The molecule has 0 aromatic carbocycles. The Hall–Kier alpha value is -0.610. The minimum Gasteiger partial charge on any atom is -0.367 e. The number of nitrogens with zero attached hydrogens (tertiary/aromatic N) is 1. The van der Waals surface area contributed by atoms with Gasteiger partial charge in [-0.05, 0) is 37.8 Å². The first kappa shape index (κ1) is 10.9. The molecule has 0 spiro atoms. The molecule has 1 aliphatic rings. The Balaban J connectivity index is 1.92. The van der Waals surface area contributed by atoms with Crippen molar-refractivity contribution in [3.8, 4) is 0 Å². The molecule has 1 heterocycles. The molecule has 1 saturated carbocycles. The molecule has 2 rings (SSSR count). The van der Waals surface area contributed by atoms with E-state index < -0.39 is 0 Å². The van der Waals surface area contributed by atoms with Crippen molar-refractivity contribution in [2.24, 2.45) is 5.73 Å². The van der Waals surface area contributed by atoms with Crippen LogP contribution in [-0.2, 0) is 0 Å². The summed E-state index contributed by atoms with van der Waals surface area (Å²) < 4.78 is 1.06. The molecule has 1 fully saturated rings. The van der Waals surface area contributed by atoms with E-state index in [1.54, 1.807) is 6.20 Å². The summed E-state index contributed by atoms with van der Waals surface area (Å²) in [4.78, 5) is 4.28. The fourth-order valence-electron chi connectivity index (χ4n) is 1.96. The van der Waals surface area contributed by atoms with Gasteiger partial charge >= 0.3 is 0 Å². The lowest BCUT2D eigenvalue weighted by Gasteiger charge is -2.27. The molecule has 0 atom stereocenters. The van der Waals surface area contributed by atoms with E-state index >= 15 is 0 Å². The molecule has 1 aromatic heterocycles. The minimum atomic E-state index is 0.401. The molecule has 0 aliphatic heterocycles. The fraction of sp³-hybridized carbons (Fsp3) is 0.545. The third kappa shape index (κ3) is 3.18. The van der Waals surface area contributed by atoms with E-state index in [0.29, 0.717) is 12.1 Å². The van der Waals surface area contributed by atoms with Crippen LogP contribution in [0, 0.1) is 0 Å². The molecule has 1 aliphatic carbocycles. The lowest BCUT2D eigenvalue weighted by atomic mass is 9.92. The SMILES string of the molecule is N[C@H]1CC[C@H](Nc2cc(Br)ccn2)CC1. The molecule has 4 heteroatoms. The van der Waals surface area contributed by atoms with Crippen molar-refractivity contribution < 1.29 is 0 Å². The Morgan fingerprint density at radius 3 is 2.73 bits per heavy atom. The smallest absolute Gasteiger partial charge is 0.127 e. The van der Waals surface area contributed by atoms with Crippen LogP contribution in [-0.4, -0.2) is 17.1 Å². The van der Waals surface area contributed by atoms with Crippen LogP contribution in [0.15, 0.2) is 22.8 Å². The van der Waals surface area contributed by atoms with Gasteiger partial charge in [-0.2, -0.15) is 0 Å². The third-order valence-electron chi connectivity index (χ3n) is 2.85. The monoisotopic (exact) mass is 269 g/mol. The molecule has 15 heavy (non-hydrogen) atoms. The van der Waals surface area contributed by atoms with Gasteiger partial charge in [0.05, 0.1) is 0 Å². The highest BCUT2D eigenvalue weighted by molar-refractivity contribution is 9.10. The van der Waals surface area contributed by atoms with Gasteiger partial charge in [0.15, 0.2) is 0 Å². The third-order valence-corrected chi connectivity index (χ3v) is 3.34. The van der Waals surface area contributed by atoms with E-state index in [4.69, 9.17) is 5.73 Å². The van der Waals surface area contributed by atoms with Crippen molar-refractivity contribution >= 4 is 21.7 Å². The number of hydrogen-bond donors (Lipinski definition) is 2. The minimum absolute atomic E-state index is 0.401. The van der Waals surface area contributed by atoms with Crippen LogP contribution < -0.4 is 11.1 Å². The van der Waals surface area contributed by atoms with Crippen LogP contribution >= 0.6 is 15.9 Å². The Kier molecular flexibility index (Phi) is 3.59. The summed E-state index contributed by atoms with van der Waals surface area (Å²) in [6.07, 6.45) is 6.34. The standard InChI is InChI=1S/C11H16BrN3/c12-8-5-6-14-11(7-8)15-10-3-1-9(13)2-4-10/h5-7,9-10H,1-4,13H2,(H,14,15)/t9-,10-. The maximum Gasteiger partial charge on any atom is 0.127 e. The van der Waals surface area contributed by atoms with Gasteiger partial charge in [-0.1, -0.05) is 15.9 Å². The first-order chi connectivity index (χ1) is 7.24. The second-order valence-corrected chi connectivity index (χ2v) is 5.03. The summed E-state index contributed by atoms with van der Waals surface area (Å²) in [6, 6.07) is 4.88. The first-order valence-corrected chi connectivity index (χ1v) is 6.17. The predicted octanol–water partition coefficient (Wildman–Crippen LogP) is 2.53. The number of halogens is 1. The van der Waals surface area contributed by atoms with Crippen LogP contribution in [0.4, 0.5) is 5.82 Å². The summed E-state index contributed by atoms with van der Waals surface area (Å²) >= 11 is 3.44. The second-order valence-electron chi connectivity index (χ2n) is 4.12. The number of pyridine rings is 1. The van der Waals surface area contributed by atoms with Gasteiger partial charge in [0, 0.05) is 22.8 Å². The van der Waals surface area contributed by atoms with E-state index in [1.165, 1.54) is 0 Å². The highest BCUT2D eigenvalue weighted by Crippen LogP contribution is 2.21. The average molecular weight is 270 g/mol. The number of hydrogen-bond acceptors (Lipinski definition) is 3. The van der Waals surface area contributed by atoms with E-state index in [9.17, 15) is 0 Å². The van der Waals surface area contributed by atoms with Gasteiger partial charge in [0.2, 0.25) is 0 Å². The summed E-state index contributed by atoms with van der Waals surface area (Å²) in [6.45, 7) is 0. The molecule has 0 unspecified atom stereocenters. The topological polar surface area (TPSA) is 50.9 Å². The van der Waals surface area contributed by atoms with E-state index in [1.807, 2.05) is 12.1 Å². The van der Waals surface area contributed by atoms with E-state index in [2.05, 4.69) is 26.2 Å². The summed E-state index contributed by atoms with van der Waals surface area (Å²) in [7, 11) is 0. The zero-order valence-electron chi connectivity index (χ0n) is 8.62. The molecule has 0 bridgehead atoms. The molecule has 3 nitrogen and oxygen atoms in total. The lowest BCUT2D eigenvalue weighted by Crippen LogP contribution is -2.32. The van der Waals surface area contributed by atoms with Crippen LogP contribution in [0.5, 0.6) is 0 Å². The highest BCUT2D eigenvalue weighted by atomic mass is 79.9. The van der Waals surface area contributed by atoms with Gasteiger partial charge in [-0.25, -0.2) is 4.98 Å². The van der Waals surface area contributed by atoms with Gasteiger partial charge in [-0.3, -0.25) is 0 Å². The number of anilines is 1. The molecule has 82 valence electrons. The summed E-state index contributed by atoms with van der Waals surface area (Å²) in [5.74, 6) is 0.949. The predicted molar refractivity (Wildman–Crippen MR) is 65.8 cm³/mol. The van der Waals surface area contributed by atoms with Crippen LogP contribution in [0.25, 0.3) is 0 Å². The highest BCUT2D eigenvalue weighted by Gasteiger charge is 2.18. The van der Waals surface area contributed by atoms with E-state index in [-0.39, 0.29) is 0 Å². The van der Waals surface area contributed by atoms with Crippen molar-refractivity contribution in [2.45, 2.75) is 37.8 Å². The largest absolute Gasteiger partial charge is 0.367 e. The number of aromatic nitrogens is 1. The van der Waals surface area contributed by atoms with Gasteiger partial charge < -0.3 is 11.1 Å². The van der Waals surface area contributed by atoms with Gasteiger partial charge in [0.25, 0.3) is 0 Å². The second kappa shape index (κ2) is 4.94. The quantitative estimate of drug-likeness (QED) is 0.868. The zero-order chi connectivity index (χ0) is 10.7. The van der Waals surface area contributed by atoms with Crippen LogP contribution in [0.2, 0.25) is 0 Å². The Morgan fingerprint density at radius 1 is 1.33 bits per heavy atom. The van der Waals surface area contributed by atoms with Gasteiger partial charge in [-0.15, -0.1) is 0 Å². The number of nitrogens with two attached hydrogens (primary N) is 1. The van der Waals surface area contributed by atoms with Crippen molar-refractivity contribution in [1.82, 2.24) is 4.98 Å². The fourth-order valence-corrected chi connectivity index (χ4v) is 2.29. The van der Waals surface area contributed by atoms with Crippen LogP contribution in [0.1, 0.15) is 25.7 Å². The maximum absolute atomic E-state index is 5.86. The molecule has 3 N–H and O–H groups in total. The van der Waals surface area contributed by atoms with E-state index in [0.717, 1.165) is 36.0 Å². The number of nitrogens with one attached hydrogen (secondary N) is 1. The Bertz CT molecular complexity index is 321. The van der Waals surface area contributed by atoms with Crippen LogP contribution in [0.3, 0.4) is 0 Å². The number of rotatable bonds is 2. The average Bonchev–Trinajstić information content (AvgIpc) is 2.22.